The number of aromatic nitrogens is 3. The molecule has 0 saturated carbocycles. The molecule has 38 heavy (non-hydrogen) atoms. The molecule has 4 heterocycles. The van der Waals surface area contributed by atoms with E-state index in [9.17, 15) is 9.59 Å². The summed E-state index contributed by atoms with van der Waals surface area (Å²) in [5.74, 6) is -0.256. The van der Waals surface area contributed by atoms with Gasteiger partial charge in [0.15, 0.2) is 0 Å². The number of aryl methyl sites for hydroxylation is 2. The standard InChI is InChI=1S/C29H32N6O2S/c1-18-9-10-22(33-29(37)24-7-4-5-11-30-24)15-23(18)28(36)32-19(2)20-13-25(21-16-31-35(3)17-21)34-26(14-20)27-8-6-12-38-27/h6,8-10,12-17,19,24,30H,4-5,7,11H2,1-3H3,(H,32,36)(H,33,37)/t19-,24-/m1/s1. The SMILES string of the molecule is Cc1ccc(NC(=O)[C@H]2CCCCN2)cc1C(=O)N[C@H](C)c1cc(-c2cnn(C)c2)nc(-c2cccs2)c1. The molecular formula is C29H32N6O2S. The summed E-state index contributed by atoms with van der Waals surface area (Å²) in [4.78, 5) is 32.0. The lowest BCUT2D eigenvalue weighted by Crippen LogP contribution is -2.43. The number of rotatable bonds is 7. The molecule has 3 aromatic heterocycles. The molecule has 0 radical (unpaired) electrons. The Balaban J connectivity index is 1.37. The number of pyridine rings is 1. The molecule has 5 rings (SSSR count). The molecule has 1 aromatic carbocycles. The minimum absolute atomic E-state index is 0.0610. The van der Waals surface area contributed by atoms with Crippen LogP contribution in [0.15, 0.2) is 60.2 Å². The van der Waals surface area contributed by atoms with Crippen molar-refractivity contribution in [2.24, 2.45) is 7.05 Å². The van der Waals surface area contributed by atoms with Gasteiger partial charge in [0.05, 0.1) is 34.5 Å². The number of anilines is 1. The molecule has 0 unspecified atom stereocenters. The highest BCUT2D eigenvalue weighted by molar-refractivity contribution is 7.13. The van der Waals surface area contributed by atoms with Gasteiger partial charge in [-0.15, -0.1) is 11.3 Å². The van der Waals surface area contributed by atoms with Gasteiger partial charge < -0.3 is 16.0 Å². The highest BCUT2D eigenvalue weighted by Gasteiger charge is 2.22. The summed E-state index contributed by atoms with van der Waals surface area (Å²) in [5.41, 5.74) is 5.51. The third kappa shape index (κ3) is 5.84. The monoisotopic (exact) mass is 528 g/mol. The maximum absolute atomic E-state index is 13.4. The summed E-state index contributed by atoms with van der Waals surface area (Å²) >= 11 is 1.63. The zero-order valence-corrected chi connectivity index (χ0v) is 22.6. The van der Waals surface area contributed by atoms with Crippen molar-refractivity contribution in [1.29, 1.82) is 0 Å². The van der Waals surface area contributed by atoms with Gasteiger partial charge in [0.2, 0.25) is 5.91 Å². The Morgan fingerprint density at radius 2 is 2.00 bits per heavy atom. The van der Waals surface area contributed by atoms with E-state index in [1.54, 1.807) is 28.3 Å². The van der Waals surface area contributed by atoms with Crippen molar-refractivity contribution in [2.45, 2.75) is 45.2 Å². The minimum Gasteiger partial charge on any atom is -0.346 e. The smallest absolute Gasteiger partial charge is 0.252 e. The zero-order valence-electron chi connectivity index (χ0n) is 21.8. The fraction of sp³-hybridized carbons (Fsp3) is 0.310. The summed E-state index contributed by atoms with van der Waals surface area (Å²) in [6, 6.07) is 13.1. The first kappa shape index (κ1) is 25.8. The highest BCUT2D eigenvalue weighted by atomic mass is 32.1. The minimum atomic E-state index is -0.274. The molecule has 8 nitrogen and oxygen atoms in total. The predicted molar refractivity (Wildman–Crippen MR) is 151 cm³/mol. The molecule has 2 amide bonds. The summed E-state index contributed by atoms with van der Waals surface area (Å²) < 4.78 is 1.75. The zero-order chi connectivity index (χ0) is 26.6. The van der Waals surface area contributed by atoms with Crippen LogP contribution in [-0.2, 0) is 11.8 Å². The molecule has 2 atom stereocenters. The van der Waals surface area contributed by atoms with E-state index in [2.05, 4.69) is 21.0 Å². The largest absolute Gasteiger partial charge is 0.346 e. The van der Waals surface area contributed by atoms with Gasteiger partial charge in [-0.05, 0) is 80.1 Å². The van der Waals surface area contributed by atoms with Gasteiger partial charge >= 0.3 is 0 Å². The van der Waals surface area contributed by atoms with Gasteiger partial charge in [-0.25, -0.2) is 4.98 Å². The Bertz CT molecular complexity index is 1440. The number of nitrogens with one attached hydrogen (secondary N) is 3. The van der Waals surface area contributed by atoms with Gasteiger partial charge in [-0.3, -0.25) is 14.3 Å². The Hall–Kier alpha value is -3.82. The molecule has 0 spiro atoms. The lowest BCUT2D eigenvalue weighted by molar-refractivity contribution is -0.118. The summed E-state index contributed by atoms with van der Waals surface area (Å²) in [6.07, 6.45) is 6.67. The normalized spacial score (nSPS) is 16.1. The number of amides is 2. The van der Waals surface area contributed by atoms with Crippen LogP contribution in [0, 0.1) is 6.92 Å². The van der Waals surface area contributed by atoms with Crippen molar-refractivity contribution in [3.8, 4) is 21.8 Å². The van der Waals surface area contributed by atoms with Crippen LogP contribution >= 0.6 is 11.3 Å². The molecule has 9 heteroatoms. The van der Waals surface area contributed by atoms with Gasteiger partial charge in [0.1, 0.15) is 0 Å². The predicted octanol–water partition coefficient (Wildman–Crippen LogP) is 5.09. The number of piperidine rings is 1. The van der Waals surface area contributed by atoms with Gasteiger partial charge in [-0.2, -0.15) is 5.10 Å². The van der Waals surface area contributed by atoms with Crippen molar-refractivity contribution in [1.82, 2.24) is 25.4 Å². The summed E-state index contributed by atoms with van der Waals surface area (Å²) in [6.45, 7) is 4.72. The molecule has 4 aromatic rings. The molecule has 196 valence electrons. The van der Waals surface area contributed by atoms with Crippen LogP contribution in [0.4, 0.5) is 5.69 Å². The Morgan fingerprint density at radius 3 is 2.71 bits per heavy atom. The average Bonchev–Trinajstić information content (AvgIpc) is 3.62. The second-order valence-corrected chi connectivity index (χ2v) is 10.7. The van der Waals surface area contributed by atoms with Crippen molar-refractivity contribution >= 4 is 28.8 Å². The molecule has 0 aliphatic carbocycles. The van der Waals surface area contributed by atoms with Crippen LogP contribution in [0.1, 0.15) is 53.7 Å². The first-order valence-electron chi connectivity index (χ1n) is 12.9. The quantitative estimate of drug-likeness (QED) is 0.310. The maximum Gasteiger partial charge on any atom is 0.252 e. The number of benzene rings is 1. The second kappa shape index (κ2) is 11.3. The number of thiophene rings is 1. The average molecular weight is 529 g/mol. The van der Waals surface area contributed by atoms with Crippen LogP contribution < -0.4 is 16.0 Å². The molecule has 1 aliphatic heterocycles. The second-order valence-electron chi connectivity index (χ2n) is 9.77. The fourth-order valence-electron chi connectivity index (χ4n) is 4.66. The number of carbonyl (C=O) groups excluding carboxylic acids is 2. The van der Waals surface area contributed by atoms with Crippen LogP contribution in [0.25, 0.3) is 21.8 Å². The lowest BCUT2D eigenvalue weighted by atomic mass is 10.0. The van der Waals surface area contributed by atoms with Crippen molar-refractivity contribution in [2.75, 3.05) is 11.9 Å². The Labute approximate surface area is 226 Å². The number of nitrogens with zero attached hydrogens (tertiary/aromatic N) is 3. The topological polar surface area (TPSA) is 101 Å². The van der Waals surface area contributed by atoms with Crippen LogP contribution in [0.5, 0.6) is 0 Å². The van der Waals surface area contributed by atoms with Crippen LogP contribution in [0.2, 0.25) is 0 Å². The van der Waals surface area contributed by atoms with Crippen molar-refractivity contribution in [3.05, 3.63) is 76.9 Å². The number of hydrogen-bond donors (Lipinski definition) is 3. The molecule has 0 bridgehead atoms. The van der Waals surface area contributed by atoms with Gasteiger partial charge in [-0.1, -0.05) is 18.6 Å². The van der Waals surface area contributed by atoms with Crippen LogP contribution in [0.3, 0.4) is 0 Å². The summed E-state index contributed by atoms with van der Waals surface area (Å²) in [5, 5.41) is 15.7. The van der Waals surface area contributed by atoms with Gasteiger partial charge in [0, 0.05) is 30.1 Å². The molecular weight excluding hydrogens is 496 g/mol. The maximum atomic E-state index is 13.4. The van der Waals surface area contributed by atoms with E-state index in [1.807, 2.05) is 68.9 Å². The molecule has 3 N–H and O–H groups in total. The Kier molecular flexibility index (Phi) is 7.67. The van der Waals surface area contributed by atoms with Crippen LogP contribution in [-0.4, -0.2) is 39.2 Å². The highest BCUT2D eigenvalue weighted by Crippen LogP contribution is 2.30. The summed E-state index contributed by atoms with van der Waals surface area (Å²) in [7, 11) is 1.88. The van der Waals surface area contributed by atoms with E-state index in [0.717, 1.165) is 58.8 Å². The Morgan fingerprint density at radius 1 is 1.16 bits per heavy atom. The van der Waals surface area contributed by atoms with Crippen molar-refractivity contribution < 1.29 is 9.59 Å². The van der Waals surface area contributed by atoms with E-state index in [-0.39, 0.29) is 23.9 Å². The lowest BCUT2D eigenvalue weighted by Gasteiger charge is -2.23. The van der Waals surface area contributed by atoms with Gasteiger partial charge in [0.25, 0.3) is 5.91 Å². The number of carbonyl (C=O) groups is 2. The molecule has 1 saturated heterocycles. The number of hydrogen-bond acceptors (Lipinski definition) is 6. The molecule has 1 fully saturated rings. The van der Waals surface area contributed by atoms with E-state index < -0.39 is 0 Å². The first-order chi connectivity index (χ1) is 18.4. The van der Waals surface area contributed by atoms with E-state index in [0.29, 0.717) is 11.3 Å². The fourth-order valence-corrected chi connectivity index (χ4v) is 5.35. The van der Waals surface area contributed by atoms with Crippen molar-refractivity contribution in [3.63, 3.8) is 0 Å². The first-order valence-corrected chi connectivity index (χ1v) is 13.8. The van der Waals surface area contributed by atoms with E-state index >= 15 is 0 Å². The van der Waals surface area contributed by atoms with E-state index in [1.165, 1.54) is 0 Å². The molecule has 1 aliphatic rings. The third-order valence-corrected chi connectivity index (χ3v) is 7.74. The third-order valence-electron chi connectivity index (χ3n) is 6.85. The van der Waals surface area contributed by atoms with E-state index in [4.69, 9.17) is 4.98 Å².